The van der Waals surface area contributed by atoms with Crippen molar-refractivity contribution in [2.24, 2.45) is 5.92 Å². The molecule has 2 aliphatic rings. The van der Waals surface area contributed by atoms with Crippen molar-refractivity contribution in [3.63, 3.8) is 0 Å². The molecule has 2 aliphatic heterocycles. The summed E-state index contributed by atoms with van der Waals surface area (Å²) in [5.74, 6) is 0.462. The van der Waals surface area contributed by atoms with Gasteiger partial charge in [0.15, 0.2) is 0 Å². The van der Waals surface area contributed by atoms with Crippen molar-refractivity contribution in [2.75, 3.05) is 45.5 Å². The van der Waals surface area contributed by atoms with Gasteiger partial charge < -0.3 is 5.32 Å². The standard InChI is InChI=1S/C15H23N3O2S/c1-21(19,20)18-11-13(12-18)10-17-8-7-16-9-15(17)14-5-3-2-4-6-14/h2-6,13,15-16H,7-12H2,1H3. The Kier molecular flexibility index (Phi) is 4.31. The fraction of sp³-hybridized carbons (Fsp3) is 0.600. The third-order valence-corrected chi connectivity index (χ3v) is 5.66. The molecule has 0 bridgehead atoms. The quantitative estimate of drug-likeness (QED) is 0.881. The molecule has 6 heteroatoms. The fourth-order valence-electron chi connectivity index (χ4n) is 3.21. The van der Waals surface area contributed by atoms with E-state index in [9.17, 15) is 8.42 Å². The highest BCUT2D eigenvalue weighted by Crippen LogP contribution is 2.26. The van der Waals surface area contributed by atoms with Gasteiger partial charge in [-0.3, -0.25) is 4.90 Å². The molecule has 0 aliphatic carbocycles. The lowest BCUT2D eigenvalue weighted by molar-refractivity contribution is 0.0881. The highest BCUT2D eigenvalue weighted by molar-refractivity contribution is 7.88. The van der Waals surface area contributed by atoms with Crippen LogP contribution < -0.4 is 5.32 Å². The average Bonchev–Trinajstić information content (AvgIpc) is 2.42. The van der Waals surface area contributed by atoms with Gasteiger partial charge in [0.1, 0.15) is 0 Å². The number of sulfonamides is 1. The summed E-state index contributed by atoms with van der Waals surface area (Å²) < 4.78 is 24.4. The molecular formula is C15H23N3O2S. The molecule has 0 amide bonds. The lowest BCUT2D eigenvalue weighted by atomic mass is 9.98. The number of hydrogen-bond acceptors (Lipinski definition) is 4. The van der Waals surface area contributed by atoms with E-state index in [1.165, 1.54) is 11.8 Å². The first-order valence-corrected chi connectivity index (χ1v) is 9.34. The summed E-state index contributed by atoms with van der Waals surface area (Å²) in [4.78, 5) is 2.50. The third-order valence-electron chi connectivity index (χ3n) is 4.42. The van der Waals surface area contributed by atoms with Gasteiger partial charge in [0.25, 0.3) is 0 Å². The van der Waals surface area contributed by atoms with Crippen molar-refractivity contribution < 1.29 is 8.42 Å². The molecule has 0 spiro atoms. The Morgan fingerprint density at radius 1 is 1.24 bits per heavy atom. The number of piperazine rings is 1. The first-order chi connectivity index (χ1) is 10.0. The maximum atomic E-state index is 11.4. The molecule has 116 valence electrons. The minimum Gasteiger partial charge on any atom is -0.314 e. The van der Waals surface area contributed by atoms with Gasteiger partial charge in [-0.15, -0.1) is 0 Å². The molecule has 1 unspecified atom stereocenters. The maximum absolute atomic E-state index is 11.4. The van der Waals surface area contributed by atoms with Crippen LogP contribution in [0.3, 0.4) is 0 Å². The van der Waals surface area contributed by atoms with Crippen molar-refractivity contribution in [1.82, 2.24) is 14.5 Å². The highest BCUT2D eigenvalue weighted by Gasteiger charge is 2.36. The Bertz CT molecular complexity index is 570. The minimum atomic E-state index is -3.00. The highest BCUT2D eigenvalue weighted by atomic mass is 32.2. The largest absolute Gasteiger partial charge is 0.314 e. The summed E-state index contributed by atoms with van der Waals surface area (Å²) in [6.07, 6.45) is 1.29. The second kappa shape index (κ2) is 6.04. The Morgan fingerprint density at radius 3 is 2.62 bits per heavy atom. The van der Waals surface area contributed by atoms with Crippen LogP contribution in [0.1, 0.15) is 11.6 Å². The molecule has 1 N–H and O–H groups in total. The van der Waals surface area contributed by atoms with Crippen molar-refractivity contribution in [1.29, 1.82) is 0 Å². The molecule has 0 aromatic heterocycles. The zero-order chi connectivity index (χ0) is 14.9. The molecule has 2 heterocycles. The van der Waals surface area contributed by atoms with Gasteiger partial charge in [0.2, 0.25) is 10.0 Å². The number of rotatable bonds is 4. The van der Waals surface area contributed by atoms with E-state index < -0.39 is 10.0 Å². The Hall–Kier alpha value is -0.950. The fourth-order valence-corrected chi connectivity index (χ4v) is 4.17. The zero-order valence-electron chi connectivity index (χ0n) is 12.4. The van der Waals surface area contributed by atoms with Gasteiger partial charge in [0.05, 0.1) is 6.26 Å². The van der Waals surface area contributed by atoms with Gasteiger partial charge in [-0.2, -0.15) is 0 Å². The summed E-state index contributed by atoms with van der Waals surface area (Å²) in [5, 5.41) is 3.46. The van der Waals surface area contributed by atoms with Crippen LogP contribution in [-0.4, -0.2) is 63.1 Å². The Labute approximate surface area is 127 Å². The lowest BCUT2D eigenvalue weighted by Gasteiger charge is -2.44. The van der Waals surface area contributed by atoms with Crippen LogP contribution in [-0.2, 0) is 10.0 Å². The van der Waals surface area contributed by atoms with E-state index in [2.05, 4.69) is 34.5 Å². The normalized spacial score (nSPS) is 25.7. The van der Waals surface area contributed by atoms with Crippen LogP contribution in [0.5, 0.6) is 0 Å². The predicted molar refractivity (Wildman–Crippen MR) is 83.5 cm³/mol. The number of nitrogens with one attached hydrogen (secondary N) is 1. The van der Waals surface area contributed by atoms with E-state index in [1.54, 1.807) is 4.31 Å². The number of benzene rings is 1. The summed E-state index contributed by atoms with van der Waals surface area (Å²) in [7, 11) is -3.00. The van der Waals surface area contributed by atoms with Gasteiger partial charge in [0, 0.05) is 45.3 Å². The van der Waals surface area contributed by atoms with Crippen LogP contribution in [0.15, 0.2) is 30.3 Å². The van der Waals surface area contributed by atoms with E-state index in [0.29, 0.717) is 25.0 Å². The number of hydrogen-bond donors (Lipinski definition) is 1. The lowest BCUT2D eigenvalue weighted by Crippen LogP contribution is -2.56. The molecule has 1 aromatic rings. The molecule has 1 aromatic carbocycles. The molecular weight excluding hydrogens is 286 g/mol. The molecule has 0 saturated carbocycles. The Balaban J connectivity index is 1.61. The van der Waals surface area contributed by atoms with Gasteiger partial charge >= 0.3 is 0 Å². The summed E-state index contributed by atoms with van der Waals surface area (Å²) in [5.41, 5.74) is 1.34. The van der Waals surface area contributed by atoms with E-state index >= 15 is 0 Å². The van der Waals surface area contributed by atoms with Crippen molar-refractivity contribution in [3.8, 4) is 0 Å². The van der Waals surface area contributed by atoms with Crippen molar-refractivity contribution >= 4 is 10.0 Å². The first-order valence-electron chi connectivity index (χ1n) is 7.49. The second-order valence-corrected chi connectivity index (χ2v) is 8.05. The van der Waals surface area contributed by atoms with Crippen LogP contribution >= 0.6 is 0 Å². The van der Waals surface area contributed by atoms with E-state index in [4.69, 9.17) is 0 Å². The van der Waals surface area contributed by atoms with Crippen LogP contribution in [0.25, 0.3) is 0 Å². The molecule has 5 nitrogen and oxygen atoms in total. The molecule has 3 rings (SSSR count). The predicted octanol–water partition coefficient (Wildman–Crippen LogP) is 0.524. The summed E-state index contributed by atoms with van der Waals surface area (Å²) in [6, 6.07) is 10.9. The SMILES string of the molecule is CS(=O)(=O)N1CC(CN2CCNCC2c2ccccc2)C1. The monoisotopic (exact) mass is 309 g/mol. The summed E-state index contributed by atoms with van der Waals surface area (Å²) >= 11 is 0. The van der Waals surface area contributed by atoms with Crippen molar-refractivity contribution in [2.45, 2.75) is 6.04 Å². The third kappa shape index (κ3) is 3.45. The van der Waals surface area contributed by atoms with Gasteiger partial charge in [-0.25, -0.2) is 12.7 Å². The second-order valence-electron chi connectivity index (χ2n) is 6.07. The Morgan fingerprint density at radius 2 is 1.95 bits per heavy atom. The van der Waals surface area contributed by atoms with E-state index in [-0.39, 0.29) is 0 Å². The van der Waals surface area contributed by atoms with Crippen LogP contribution in [0.2, 0.25) is 0 Å². The summed E-state index contributed by atoms with van der Waals surface area (Å²) in [6.45, 7) is 5.31. The number of nitrogens with zero attached hydrogens (tertiary/aromatic N) is 2. The van der Waals surface area contributed by atoms with E-state index in [1.807, 2.05) is 6.07 Å². The molecule has 2 saturated heterocycles. The molecule has 21 heavy (non-hydrogen) atoms. The topological polar surface area (TPSA) is 52.7 Å². The average molecular weight is 309 g/mol. The van der Waals surface area contributed by atoms with Crippen molar-refractivity contribution in [3.05, 3.63) is 35.9 Å². The maximum Gasteiger partial charge on any atom is 0.211 e. The minimum absolute atomic E-state index is 0.396. The van der Waals surface area contributed by atoms with Gasteiger partial charge in [-0.1, -0.05) is 30.3 Å². The van der Waals surface area contributed by atoms with Crippen LogP contribution in [0, 0.1) is 5.92 Å². The first kappa shape index (κ1) is 15.0. The molecule has 1 atom stereocenters. The molecule has 2 fully saturated rings. The van der Waals surface area contributed by atoms with Crippen LogP contribution in [0.4, 0.5) is 0 Å². The molecule has 0 radical (unpaired) electrons. The van der Waals surface area contributed by atoms with Gasteiger partial charge in [-0.05, 0) is 11.5 Å². The smallest absolute Gasteiger partial charge is 0.211 e. The van der Waals surface area contributed by atoms with E-state index in [0.717, 1.165) is 26.2 Å². The zero-order valence-corrected chi connectivity index (χ0v) is 13.2.